The van der Waals surface area contributed by atoms with Crippen LogP contribution in [0.4, 0.5) is 0 Å². The van der Waals surface area contributed by atoms with Crippen molar-refractivity contribution < 1.29 is 9.53 Å². The molecule has 0 aliphatic rings. The van der Waals surface area contributed by atoms with Gasteiger partial charge in [0, 0.05) is 0 Å². The van der Waals surface area contributed by atoms with Gasteiger partial charge in [-0.05, 0) is 22.6 Å². The van der Waals surface area contributed by atoms with Crippen molar-refractivity contribution in [3.8, 4) is 0 Å². The molecular formula is C14H12O2S. The summed E-state index contributed by atoms with van der Waals surface area (Å²) in [7, 11) is 0. The summed E-state index contributed by atoms with van der Waals surface area (Å²) in [5.74, 6) is -0.279. The topological polar surface area (TPSA) is 26.3 Å². The third-order valence-corrected chi connectivity index (χ3v) is 3.21. The van der Waals surface area contributed by atoms with Crippen molar-refractivity contribution in [1.82, 2.24) is 0 Å². The molecule has 0 spiro atoms. The smallest absolute Gasteiger partial charge is 0.348 e. The van der Waals surface area contributed by atoms with Gasteiger partial charge in [0.25, 0.3) is 0 Å². The molecule has 1 aromatic heterocycles. The number of rotatable bonds is 4. The van der Waals surface area contributed by atoms with Crippen molar-refractivity contribution in [2.75, 3.05) is 0 Å². The van der Waals surface area contributed by atoms with E-state index in [1.165, 1.54) is 11.3 Å². The lowest BCUT2D eigenvalue weighted by molar-refractivity contribution is 0.0478. The first-order valence-electron chi connectivity index (χ1n) is 5.22. The van der Waals surface area contributed by atoms with Gasteiger partial charge >= 0.3 is 5.97 Å². The van der Waals surface area contributed by atoms with Gasteiger partial charge in [0.15, 0.2) is 0 Å². The zero-order valence-electron chi connectivity index (χ0n) is 9.26. The Morgan fingerprint density at radius 3 is 2.82 bits per heavy atom. The molecule has 0 unspecified atom stereocenters. The zero-order valence-corrected chi connectivity index (χ0v) is 10.1. The standard InChI is InChI=1S/C14H12O2S/c1-2-11-6-3-4-7-12(11)10-16-14(15)13-8-5-9-17-13/h2-9H,1,10H2. The maximum Gasteiger partial charge on any atom is 0.348 e. The summed E-state index contributed by atoms with van der Waals surface area (Å²) < 4.78 is 5.24. The fraction of sp³-hybridized carbons (Fsp3) is 0.0714. The van der Waals surface area contributed by atoms with E-state index >= 15 is 0 Å². The number of ether oxygens (including phenoxy) is 1. The SMILES string of the molecule is C=Cc1ccccc1COC(=O)c1cccs1. The summed E-state index contributed by atoms with van der Waals surface area (Å²) in [6.07, 6.45) is 1.76. The van der Waals surface area contributed by atoms with E-state index in [-0.39, 0.29) is 12.6 Å². The first-order valence-corrected chi connectivity index (χ1v) is 6.10. The molecule has 86 valence electrons. The second-order valence-electron chi connectivity index (χ2n) is 3.46. The van der Waals surface area contributed by atoms with Crippen LogP contribution in [0.3, 0.4) is 0 Å². The van der Waals surface area contributed by atoms with Crippen LogP contribution in [-0.2, 0) is 11.3 Å². The maximum atomic E-state index is 11.6. The Kier molecular flexibility index (Phi) is 3.73. The fourth-order valence-electron chi connectivity index (χ4n) is 1.47. The van der Waals surface area contributed by atoms with Gasteiger partial charge in [-0.1, -0.05) is 43.0 Å². The van der Waals surface area contributed by atoms with E-state index in [1.54, 1.807) is 12.1 Å². The Morgan fingerprint density at radius 2 is 2.12 bits per heavy atom. The predicted molar refractivity (Wildman–Crippen MR) is 70.0 cm³/mol. The molecule has 1 aromatic carbocycles. The van der Waals surface area contributed by atoms with Gasteiger partial charge in [-0.15, -0.1) is 11.3 Å². The van der Waals surface area contributed by atoms with Crippen molar-refractivity contribution in [3.63, 3.8) is 0 Å². The highest BCUT2D eigenvalue weighted by molar-refractivity contribution is 7.11. The molecule has 2 aromatic rings. The average molecular weight is 244 g/mol. The van der Waals surface area contributed by atoms with Gasteiger partial charge in [0.05, 0.1) is 0 Å². The molecule has 17 heavy (non-hydrogen) atoms. The molecule has 0 bridgehead atoms. The maximum absolute atomic E-state index is 11.6. The van der Waals surface area contributed by atoms with E-state index in [9.17, 15) is 4.79 Å². The minimum Gasteiger partial charge on any atom is -0.457 e. The Hall–Kier alpha value is -1.87. The van der Waals surface area contributed by atoms with Crippen molar-refractivity contribution in [1.29, 1.82) is 0 Å². The Bertz CT molecular complexity index is 515. The normalized spacial score (nSPS) is 9.88. The summed E-state index contributed by atoms with van der Waals surface area (Å²) >= 11 is 1.38. The highest BCUT2D eigenvalue weighted by Gasteiger charge is 2.08. The molecular weight excluding hydrogens is 232 g/mol. The molecule has 0 fully saturated rings. The number of hydrogen-bond donors (Lipinski definition) is 0. The highest BCUT2D eigenvalue weighted by Crippen LogP contribution is 2.14. The molecule has 2 rings (SSSR count). The lowest BCUT2D eigenvalue weighted by Crippen LogP contribution is -2.03. The summed E-state index contributed by atoms with van der Waals surface area (Å²) in [6, 6.07) is 11.3. The molecule has 2 nitrogen and oxygen atoms in total. The lowest BCUT2D eigenvalue weighted by Gasteiger charge is -2.06. The molecule has 1 heterocycles. The van der Waals surface area contributed by atoms with Gasteiger partial charge in [-0.2, -0.15) is 0 Å². The minimum atomic E-state index is -0.279. The molecule has 0 radical (unpaired) electrons. The number of thiophene rings is 1. The van der Waals surface area contributed by atoms with Crippen LogP contribution in [0.1, 0.15) is 20.8 Å². The molecule has 0 saturated heterocycles. The van der Waals surface area contributed by atoms with Crippen LogP contribution in [0.25, 0.3) is 6.08 Å². The second kappa shape index (κ2) is 5.46. The van der Waals surface area contributed by atoms with E-state index in [1.807, 2.05) is 35.7 Å². The van der Waals surface area contributed by atoms with Crippen LogP contribution in [0, 0.1) is 0 Å². The zero-order chi connectivity index (χ0) is 12.1. The lowest BCUT2D eigenvalue weighted by atomic mass is 10.1. The second-order valence-corrected chi connectivity index (χ2v) is 4.40. The van der Waals surface area contributed by atoms with Crippen LogP contribution in [0.2, 0.25) is 0 Å². The minimum absolute atomic E-state index is 0.277. The predicted octanol–water partition coefficient (Wildman–Crippen LogP) is 3.75. The third kappa shape index (κ3) is 2.82. The Balaban J connectivity index is 2.03. The first kappa shape index (κ1) is 11.6. The van der Waals surface area contributed by atoms with Crippen molar-refractivity contribution >= 4 is 23.4 Å². The molecule has 0 saturated carbocycles. The average Bonchev–Trinajstić information content (AvgIpc) is 2.90. The summed E-state index contributed by atoms with van der Waals surface area (Å²) in [6.45, 7) is 4.01. The number of carbonyl (C=O) groups excluding carboxylic acids is 1. The van der Waals surface area contributed by atoms with Gasteiger partial charge in [-0.25, -0.2) is 4.79 Å². The number of esters is 1. The quantitative estimate of drug-likeness (QED) is 0.766. The highest BCUT2D eigenvalue weighted by atomic mass is 32.1. The van der Waals surface area contributed by atoms with E-state index in [2.05, 4.69) is 6.58 Å². The monoisotopic (exact) mass is 244 g/mol. The Morgan fingerprint density at radius 1 is 1.29 bits per heavy atom. The van der Waals surface area contributed by atoms with E-state index in [0.29, 0.717) is 4.88 Å². The van der Waals surface area contributed by atoms with Crippen molar-refractivity contribution in [2.24, 2.45) is 0 Å². The molecule has 3 heteroatoms. The van der Waals surface area contributed by atoms with Crippen LogP contribution in [-0.4, -0.2) is 5.97 Å². The van der Waals surface area contributed by atoms with Crippen molar-refractivity contribution in [2.45, 2.75) is 6.61 Å². The number of benzene rings is 1. The van der Waals surface area contributed by atoms with Gasteiger partial charge < -0.3 is 4.74 Å². The number of hydrogen-bond acceptors (Lipinski definition) is 3. The molecule has 0 amide bonds. The van der Waals surface area contributed by atoms with Crippen molar-refractivity contribution in [3.05, 3.63) is 64.4 Å². The fourth-order valence-corrected chi connectivity index (χ4v) is 2.09. The summed E-state index contributed by atoms with van der Waals surface area (Å²) in [4.78, 5) is 12.3. The van der Waals surface area contributed by atoms with Crippen LogP contribution in [0.5, 0.6) is 0 Å². The van der Waals surface area contributed by atoms with E-state index in [4.69, 9.17) is 4.74 Å². The van der Waals surface area contributed by atoms with Crippen LogP contribution >= 0.6 is 11.3 Å². The van der Waals surface area contributed by atoms with Gasteiger partial charge in [-0.3, -0.25) is 0 Å². The summed E-state index contributed by atoms with van der Waals surface area (Å²) in [5.41, 5.74) is 1.96. The molecule has 0 aliphatic heterocycles. The van der Waals surface area contributed by atoms with Gasteiger partial charge in [0.1, 0.15) is 11.5 Å². The third-order valence-electron chi connectivity index (χ3n) is 2.36. The van der Waals surface area contributed by atoms with Crippen LogP contribution in [0.15, 0.2) is 48.4 Å². The Labute approximate surface area is 104 Å². The number of carbonyl (C=O) groups is 1. The molecule has 0 aliphatic carbocycles. The largest absolute Gasteiger partial charge is 0.457 e. The van der Waals surface area contributed by atoms with E-state index in [0.717, 1.165) is 11.1 Å². The van der Waals surface area contributed by atoms with E-state index < -0.39 is 0 Å². The first-order chi connectivity index (χ1) is 8.31. The van der Waals surface area contributed by atoms with Crippen LogP contribution < -0.4 is 0 Å². The van der Waals surface area contributed by atoms with Gasteiger partial charge in [0.2, 0.25) is 0 Å². The molecule has 0 N–H and O–H groups in total. The summed E-state index contributed by atoms with van der Waals surface area (Å²) in [5, 5.41) is 1.86. The molecule has 0 atom stereocenters.